The predicted octanol–water partition coefficient (Wildman–Crippen LogP) is 1.84. The van der Waals surface area contributed by atoms with Gasteiger partial charge in [-0.05, 0) is 18.1 Å². The van der Waals surface area contributed by atoms with Crippen molar-refractivity contribution < 1.29 is 8.42 Å². The summed E-state index contributed by atoms with van der Waals surface area (Å²) in [5, 5.41) is -0.368. The summed E-state index contributed by atoms with van der Waals surface area (Å²) in [7, 11) is -3.15. The second-order valence-corrected chi connectivity index (χ2v) is 5.87. The van der Waals surface area contributed by atoms with E-state index >= 15 is 0 Å². The molecule has 0 fully saturated rings. The zero-order valence-corrected chi connectivity index (χ0v) is 8.94. The van der Waals surface area contributed by atoms with E-state index in [4.69, 9.17) is 0 Å². The fourth-order valence-electron chi connectivity index (χ4n) is 2.28. The number of nitrogens with zero attached hydrogens (tertiary/aromatic N) is 1. The summed E-state index contributed by atoms with van der Waals surface area (Å²) < 4.78 is 25.8. The molecule has 1 aromatic carbocycles. The first-order valence-corrected chi connectivity index (χ1v) is 6.47. The van der Waals surface area contributed by atoms with Gasteiger partial charge in [-0.1, -0.05) is 30.4 Å². The third-order valence-corrected chi connectivity index (χ3v) is 5.13. The van der Waals surface area contributed by atoms with Crippen LogP contribution in [-0.2, 0) is 10.0 Å². The number of sulfonamides is 1. The maximum atomic E-state index is 12.1. The molecule has 0 aromatic heterocycles. The van der Waals surface area contributed by atoms with E-state index in [2.05, 4.69) is 0 Å². The first-order chi connectivity index (χ1) is 7.21. The van der Waals surface area contributed by atoms with E-state index in [0.29, 0.717) is 13.0 Å². The van der Waals surface area contributed by atoms with Crippen molar-refractivity contribution in [2.75, 3.05) is 10.8 Å². The Morgan fingerprint density at radius 1 is 1.20 bits per heavy atom. The minimum Gasteiger partial charge on any atom is -0.266 e. The highest BCUT2D eigenvalue weighted by Crippen LogP contribution is 2.45. The molecular weight excluding hydrogens is 210 g/mol. The fraction of sp³-hybridized carbons (Fsp3) is 0.273. The lowest BCUT2D eigenvalue weighted by atomic mass is 10.1. The predicted molar refractivity (Wildman–Crippen MR) is 59.2 cm³/mol. The molecule has 0 unspecified atom stereocenters. The summed E-state index contributed by atoms with van der Waals surface area (Å²) in [4.78, 5) is 0. The molecule has 4 heteroatoms. The number of hydrogen-bond acceptors (Lipinski definition) is 2. The maximum Gasteiger partial charge on any atom is 0.242 e. The number of fused-ring (bicyclic) bond motifs is 5. The van der Waals surface area contributed by atoms with Crippen molar-refractivity contribution in [2.45, 2.75) is 11.7 Å². The largest absolute Gasteiger partial charge is 0.266 e. The molecule has 1 atom stereocenters. The van der Waals surface area contributed by atoms with Crippen LogP contribution in [0.3, 0.4) is 0 Å². The fourth-order valence-corrected chi connectivity index (χ4v) is 4.19. The number of allylic oxidation sites excluding steroid dienone is 1. The average Bonchev–Trinajstić information content (AvgIpc) is 2.29. The van der Waals surface area contributed by atoms with Gasteiger partial charge in [0.2, 0.25) is 10.0 Å². The molecule has 15 heavy (non-hydrogen) atoms. The normalized spacial score (nSPS) is 26.1. The minimum absolute atomic E-state index is 0.368. The quantitative estimate of drug-likeness (QED) is 0.627. The third kappa shape index (κ3) is 1.08. The molecule has 2 aliphatic rings. The van der Waals surface area contributed by atoms with Gasteiger partial charge >= 0.3 is 0 Å². The Kier molecular flexibility index (Phi) is 1.71. The van der Waals surface area contributed by atoms with Crippen LogP contribution in [0, 0.1) is 0 Å². The summed E-state index contributed by atoms with van der Waals surface area (Å²) in [6.07, 6.45) is 4.47. The lowest BCUT2D eigenvalue weighted by Gasteiger charge is -2.15. The molecule has 1 aromatic rings. The zero-order chi connectivity index (χ0) is 10.5. The van der Waals surface area contributed by atoms with E-state index in [9.17, 15) is 8.42 Å². The van der Waals surface area contributed by atoms with Gasteiger partial charge in [-0.15, -0.1) is 0 Å². The van der Waals surface area contributed by atoms with Crippen LogP contribution in [0.4, 0.5) is 5.69 Å². The van der Waals surface area contributed by atoms with Crippen LogP contribution in [0.15, 0.2) is 36.4 Å². The van der Waals surface area contributed by atoms with Crippen LogP contribution >= 0.6 is 0 Å². The van der Waals surface area contributed by atoms with Crippen LogP contribution in [0.25, 0.3) is 0 Å². The molecular formula is C11H11NO2S. The zero-order valence-electron chi connectivity index (χ0n) is 8.13. The second-order valence-electron chi connectivity index (χ2n) is 3.83. The highest BCUT2D eigenvalue weighted by atomic mass is 32.2. The van der Waals surface area contributed by atoms with E-state index in [1.165, 1.54) is 4.31 Å². The van der Waals surface area contributed by atoms with Crippen molar-refractivity contribution in [2.24, 2.45) is 0 Å². The van der Waals surface area contributed by atoms with Crippen LogP contribution in [0.5, 0.6) is 0 Å². The molecule has 3 nitrogen and oxygen atoms in total. The van der Waals surface area contributed by atoms with Crippen molar-refractivity contribution in [3.05, 3.63) is 42.0 Å². The van der Waals surface area contributed by atoms with Crippen molar-refractivity contribution >= 4 is 15.7 Å². The monoisotopic (exact) mass is 221 g/mol. The molecule has 0 N–H and O–H groups in total. The lowest BCUT2D eigenvalue weighted by Crippen LogP contribution is -2.27. The molecule has 0 radical (unpaired) electrons. The Bertz CT molecular complexity index is 492. The van der Waals surface area contributed by atoms with Gasteiger partial charge in [0.1, 0.15) is 5.25 Å². The van der Waals surface area contributed by atoms with Gasteiger partial charge in [0.15, 0.2) is 0 Å². The molecule has 2 aliphatic heterocycles. The van der Waals surface area contributed by atoms with Gasteiger partial charge in [0.05, 0.1) is 12.2 Å². The van der Waals surface area contributed by atoms with Crippen LogP contribution in [0.2, 0.25) is 0 Å². The molecule has 0 aliphatic carbocycles. The summed E-state index contributed by atoms with van der Waals surface area (Å²) in [6.45, 7) is 0.468. The molecule has 0 saturated heterocycles. The number of hydrogen-bond donors (Lipinski definition) is 0. The van der Waals surface area contributed by atoms with Gasteiger partial charge in [-0.2, -0.15) is 0 Å². The topological polar surface area (TPSA) is 37.4 Å². The molecule has 0 saturated carbocycles. The van der Waals surface area contributed by atoms with Crippen LogP contribution < -0.4 is 4.31 Å². The van der Waals surface area contributed by atoms with Crippen molar-refractivity contribution in [1.29, 1.82) is 0 Å². The van der Waals surface area contributed by atoms with Gasteiger partial charge in [-0.3, -0.25) is 4.31 Å². The Balaban J connectivity index is 2.30. The van der Waals surface area contributed by atoms with E-state index in [1.54, 1.807) is 0 Å². The average molecular weight is 221 g/mol. The maximum absolute atomic E-state index is 12.1. The van der Waals surface area contributed by atoms with Crippen LogP contribution in [-0.4, -0.2) is 15.0 Å². The number of anilines is 1. The summed E-state index contributed by atoms with van der Waals surface area (Å²) in [6, 6.07) is 7.58. The van der Waals surface area contributed by atoms with Gasteiger partial charge in [-0.25, -0.2) is 8.42 Å². The summed E-state index contributed by atoms with van der Waals surface area (Å²) in [5.74, 6) is 0. The highest BCUT2D eigenvalue weighted by Gasteiger charge is 2.42. The Hall–Kier alpha value is -1.29. The second kappa shape index (κ2) is 2.85. The smallest absolute Gasteiger partial charge is 0.242 e. The molecule has 2 heterocycles. The van der Waals surface area contributed by atoms with Gasteiger partial charge < -0.3 is 0 Å². The van der Waals surface area contributed by atoms with E-state index in [0.717, 1.165) is 11.3 Å². The third-order valence-electron chi connectivity index (χ3n) is 3.01. The lowest BCUT2D eigenvalue weighted by molar-refractivity contribution is 0.585. The first-order valence-electron chi connectivity index (χ1n) is 4.97. The Morgan fingerprint density at radius 3 is 2.87 bits per heavy atom. The molecule has 78 valence electrons. The SMILES string of the molecule is O=S1(=O)[C@H]2CC=CCN1c1ccccc12. The van der Waals surface area contributed by atoms with E-state index in [-0.39, 0.29) is 5.25 Å². The Morgan fingerprint density at radius 2 is 2.00 bits per heavy atom. The van der Waals surface area contributed by atoms with Crippen molar-refractivity contribution in [3.63, 3.8) is 0 Å². The molecule has 0 amide bonds. The first kappa shape index (κ1) is 8.97. The van der Waals surface area contributed by atoms with E-state index < -0.39 is 10.0 Å². The van der Waals surface area contributed by atoms with Crippen molar-refractivity contribution in [3.8, 4) is 0 Å². The standard InChI is InChI=1S/C11H11NO2S/c13-15(14)11-7-3-4-8-12(15)10-6-2-1-5-9(10)11/h1-6,11H,7-8H2/t11-/m0/s1. The molecule has 0 spiro atoms. The number of rotatable bonds is 0. The highest BCUT2D eigenvalue weighted by molar-refractivity contribution is 7.93. The summed E-state index contributed by atoms with van der Waals surface area (Å²) in [5.41, 5.74) is 1.80. The number of benzene rings is 1. The molecule has 3 rings (SSSR count). The van der Waals surface area contributed by atoms with Gasteiger partial charge in [0, 0.05) is 0 Å². The Labute approximate surface area is 89.1 Å². The number of para-hydroxylation sites is 1. The van der Waals surface area contributed by atoms with Gasteiger partial charge in [0.25, 0.3) is 0 Å². The van der Waals surface area contributed by atoms with Crippen LogP contribution in [0.1, 0.15) is 17.2 Å². The summed E-state index contributed by atoms with van der Waals surface area (Å²) >= 11 is 0. The minimum atomic E-state index is -3.15. The van der Waals surface area contributed by atoms with E-state index in [1.807, 2.05) is 36.4 Å². The molecule has 2 bridgehead atoms. The van der Waals surface area contributed by atoms with Crippen molar-refractivity contribution in [1.82, 2.24) is 0 Å².